The number of hydrogen-bond donors (Lipinski definition) is 1. The normalized spacial score (nSPS) is 11.8. The molecule has 1 amide bonds. The van der Waals surface area contributed by atoms with Gasteiger partial charge in [-0.1, -0.05) is 30.3 Å². The zero-order valence-corrected chi connectivity index (χ0v) is 21.9. The number of nitrogens with zero attached hydrogens (tertiary/aromatic N) is 4. The lowest BCUT2D eigenvalue weighted by Crippen LogP contribution is -2.38. The average molecular weight is 540 g/mol. The molecule has 3 aromatic heterocycles. The minimum absolute atomic E-state index is 0.0507. The summed E-state index contributed by atoms with van der Waals surface area (Å²) in [6, 6.07) is 11.0. The van der Waals surface area contributed by atoms with E-state index in [1.807, 2.05) is 30.3 Å². The maximum absolute atomic E-state index is 12.9. The summed E-state index contributed by atoms with van der Waals surface area (Å²) in [4.78, 5) is 67.5. The molecule has 0 radical (unpaired) electrons. The highest BCUT2D eigenvalue weighted by molar-refractivity contribution is 7.20. The number of ether oxygens (including phenoxy) is 2. The largest absolute Gasteiger partial charge is 0.462 e. The third-order valence-corrected chi connectivity index (χ3v) is 6.82. The number of fused-ring (bicyclic) bond motifs is 1. The SMILES string of the molecule is CCOC(=O)c1cc(-c2ccccc2)sc1NC(=O)C(C)OC(=O)Cn1cnc2c1c(=O)n(C)c(=O)n2C. The first-order chi connectivity index (χ1) is 18.1. The molecule has 13 heteroatoms. The van der Waals surface area contributed by atoms with E-state index in [4.69, 9.17) is 9.47 Å². The molecule has 0 aliphatic heterocycles. The van der Waals surface area contributed by atoms with Gasteiger partial charge in [-0.2, -0.15) is 0 Å². The van der Waals surface area contributed by atoms with E-state index in [2.05, 4.69) is 10.3 Å². The summed E-state index contributed by atoms with van der Waals surface area (Å²) in [5, 5.41) is 2.92. The molecule has 3 heterocycles. The smallest absolute Gasteiger partial charge is 0.341 e. The lowest BCUT2D eigenvalue weighted by molar-refractivity contribution is -0.153. The molecule has 1 N–H and O–H groups in total. The molecule has 198 valence electrons. The number of carbonyl (C=O) groups is 3. The van der Waals surface area contributed by atoms with E-state index in [1.165, 1.54) is 47.8 Å². The Kier molecular flexibility index (Phi) is 7.57. The van der Waals surface area contributed by atoms with Crippen molar-refractivity contribution in [1.82, 2.24) is 18.7 Å². The van der Waals surface area contributed by atoms with Crippen LogP contribution in [-0.4, -0.2) is 49.2 Å². The number of aromatic nitrogens is 4. The molecule has 0 bridgehead atoms. The van der Waals surface area contributed by atoms with E-state index < -0.39 is 41.7 Å². The molecule has 38 heavy (non-hydrogen) atoms. The second-order valence-electron chi connectivity index (χ2n) is 8.31. The average Bonchev–Trinajstić information content (AvgIpc) is 3.51. The van der Waals surface area contributed by atoms with E-state index in [0.29, 0.717) is 0 Å². The Morgan fingerprint density at radius 2 is 1.82 bits per heavy atom. The topological polar surface area (TPSA) is 144 Å². The van der Waals surface area contributed by atoms with Crippen molar-refractivity contribution >= 4 is 45.3 Å². The van der Waals surface area contributed by atoms with Crippen molar-refractivity contribution in [2.24, 2.45) is 14.1 Å². The van der Waals surface area contributed by atoms with Crippen LogP contribution in [-0.2, 0) is 39.7 Å². The van der Waals surface area contributed by atoms with Gasteiger partial charge in [0, 0.05) is 19.0 Å². The van der Waals surface area contributed by atoms with Crippen molar-refractivity contribution in [3.05, 3.63) is 69.1 Å². The highest BCUT2D eigenvalue weighted by atomic mass is 32.1. The van der Waals surface area contributed by atoms with Gasteiger partial charge in [0.15, 0.2) is 17.3 Å². The van der Waals surface area contributed by atoms with Crippen LogP contribution in [0, 0.1) is 0 Å². The quantitative estimate of drug-likeness (QED) is 0.335. The van der Waals surface area contributed by atoms with Gasteiger partial charge < -0.3 is 19.4 Å². The van der Waals surface area contributed by atoms with Crippen LogP contribution < -0.4 is 16.6 Å². The molecule has 0 fully saturated rings. The van der Waals surface area contributed by atoms with Crippen LogP contribution >= 0.6 is 11.3 Å². The Balaban J connectivity index is 1.50. The first-order valence-corrected chi connectivity index (χ1v) is 12.4. The van der Waals surface area contributed by atoms with Crippen molar-refractivity contribution in [3.8, 4) is 10.4 Å². The van der Waals surface area contributed by atoms with E-state index in [1.54, 1.807) is 13.0 Å². The van der Waals surface area contributed by atoms with Crippen molar-refractivity contribution in [1.29, 1.82) is 0 Å². The van der Waals surface area contributed by atoms with Crippen LogP contribution in [0.3, 0.4) is 0 Å². The third-order valence-electron chi connectivity index (χ3n) is 5.72. The van der Waals surface area contributed by atoms with Gasteiger partial charge in [0.1, 0.15) is 11.5 Å². The second kappa shape index (κ2) is 10.8. The first-order valence-electron chi connectivity index (χ1n) is 11.6. The first kappa shape index (κ1) is 26.5. The number of thiophene rings is 1. The summed E-state index contributed by atoms with van der Waals surface area (Å²) in [7, 11) is 2.79. The van der Waals surface area contributed by atoms with Gasteiger partial charge in [0.25, 0.3) is 11.5 Å². The standard InChI is InChI=1S/C25H25N5O7S/c1-5-36-24(34)16-11-17(15-9-7-6-8-10-15)38-22(16)27-21(32)14(2)37-18(31)12-30-13-26-20-19(30)23(33)29(4)25(35)28(20)3/h6-11,13-14H,5,12H2,1-4H3,(H,27,32). The van der Waals surface area contributed by atoms with Gasteiger partial charge in [0.05, 0.1) is 18.5 Å². The number of anilines is 1. The zero-order chi connectivity index (χ0) is 27.6. The predicted molar refractivity (Wildman–Crippen MR) is 140 cm³/mol. The second-order valence-corrected chi connectivity index (χ2v) is 9.36. The van der Waals surface area contributed by atoms with Gasteiger partial charge in [-0.05, 0) is 25.5 Å². The monoisotopic (exact) mass is 539 g/mol. The summed E-state index contributed by atoms with van der Waals surface area (Å²) < 4.78 is 13.8. The molecule has 0 spiro atoms. The van der Waals surface area contributed by atoms with Gasteiger partial charge in [-0.15, -0.1) is 11.3 Å². The molecule has 1 unspecified atom stereocenters. The summed E-state index contributed by atoms with van der Waals surface area (Å²) in [5.74, 6) is -2.04. The Morgan fingerprint density at radius 3 is 2.50 bits per heavy atom. The van der Waals surface area contributed by atoms with Crippen LogP contribution in [0.25, 0.3) is 21.6 Å². The molecule has 4 rings (SSSR count). The number of aryl methyl sites for hydroxylation is 1. The number of hydrogen-bond acceptors (Lipinski definition) is 9. The summed E-state index contributed by atoms with van der Waals surface area (Å²) in [6.45, 7) is 2.82. The van der Waals surface area contributed by atoms with Crippen molar-refractivity contribution in [2.75, 3.05) is 11.9 Å². The molecule has 0 saturated carbocycles. The molecule has 4 aromatic rings. The third kappa shape index (κ3) is 5.13. The fraction of sp³-hybridized carbons (Fsp3) is 0.280. The van der Waals surface area contributed by atoms with Gasteiger partial charge in [-0.25, -0.2) is 14.6 Å². The van der Waals surface area contributed by atoms with Crippen LogP contribution in [0.15, 0.2) is 52.3 Å². The van der Waals surface area contributed by atoms with Crippen molar-refractivity contribution in [3.63, 3.8) is 0 Å². The zero-order valence-electron chi connectivity index (χ0n) is 21.1. The fourth-order valence-corrected chi connectivity index (χ4v) is 4.80. The van der Waals surface area contributed by atoms with E-state index in [-0.39, 0.29) is 28.3 Å². The van der Waals surface area contributed by atoms with E-state index in [9.17, 15) is 24.0 Å². The summed E-state index contributed by atoms with van der Waals surface area (Å²) in [6.07, 6.45) is 0.0293. The van der Waals surface area contributed by atoms with Crippen molar-refractivity contribution < 1.29 is 23.9 Å². The van der Waals surface area contributed by atoms with Crippen LogP contribution in [0.2, 0.25) is 0 Å². The van der Waals surface area contributed by atoms with Gasteiger partial charge in [-0.3, -0.25) is 23.5 Å². The summed E-state index contributed by atoms with van der Waals surface area (Å²) in [5.41, 5.74) is 0.0578. The Labute approximate surface area is 220 Å². The Hall–Kier alpha value is -4.52. The minimum atomic E-state index is -1.22. The number of nitrogens with one attached hydrogen (secondary N) is 1. The van der Waals surface area contributed by atoms with Crippen LogP contribution in [0.5, 0.6) is 0 Å². The highest BCUT2D eigenvalue weighted by Crippen LogP contribution is 2.36. The molecule has 1 atom stereocenters. The Bertz CT molecular complexity index is 1650. The predicted octanol–water partition coefficient (Wildman–Crippen LogP) is 1.91. The number of rotatable bonds is 8. The number of benzene rings is 1. The number of esters is 2. The minimum Gasteiger partial charge on any atom is -0.462 e. The molecular formula is C25H25N5O7S. The molecule has 1 aromatic carbocycles. The molecular weight excluding hydrogens is 514 g/mol. The van der Waals surface area contributed by atoms with Crippen LogP contribution in [0.4, 0.5) is 5.00 Å². The maximum Gasteiger partial charge on any atom is 0.341 e. The highest BCUT2D eigenvalue weighted by Gasteiger charge is 2.24. The fourth-order valence-electron chi connectivity index (χ4n) is 3.75. The van der Waals surface area contributed by atoms with Crippen molar-refractivity contribution in [2.45, 2.75) is 26.5 Å². The van der Waals surface area contributed by atoms with E-state index in [0.717, 1.165) is 15.0 Å². The number of carbonyl (C=O) groups excluding carboxylic acids is 3. The molecule has 0 aliphatic carbocycles. The number of amides is 1. The van der Waals surface area contributed by atoms with Gasteiger partial charge in [0.2, 0.25) is 0 Å². The molecule has 12 nitrogen and oxygen atoms in total. The maximum atomic E-state index is 12.9. The van der Waals surface area contributed by atoms with Gasteiger partial charge >= 0.3 is 17.6 Å². The molecule has 0 aliphatic rings. The van der Waals surface area contributed by atoms with E-state index >= 15 is 0 Å². The number of imidazole rings is 1. The van der Waals surface area contributed by atoms with Crippen LogP contribution in [0.1, 0.15) is 24.2 Å². The summed E-state index contributed by atoms with van der Waals surface area (Å²) >= 11 is 1.19. The molecule has 0 saturated heterocycles. The lowest BCUT2D eigenvalue weighted by atomic mass is 10.1. The Morgan fingerprint density at radius 1 is 1.11 bits per heavy atom. The lowest BCUT2D eigenvalue weighted by Gasteiger charge is -2.14.